The summed E-state index contributed by atoms with van der Waals surface area (Å²) in [5.74, 6) is 0.982. The number of carbonyl (C=O) groups is 1. The van der Waals surface area contributed by atoms with Crippen molar-refractivity contribution in [3.05, 3.63) is 87.3 Å². The molecule has 0 radical (unpaired) electrons. The van der Waals surface area contributed by atoms with Gasteiger partial charge in [-0.05, 0) is 41.7 Å². The molecule has 1 aromatic heterocycles. The predicted octanol–water partition coefficient (Wildman–Crippen LogP) is 4.37. The average Bonchev–Trinajstić information content (AvgIpc) is 3.08. The number of aromatic amines is 1. The first-order chi connectivity index (χ1) is 14.9. The van der Waals surface area contributed by atoms with E-state index in [1.807, 2.05) is 54.6 Å². The summed E-state index contributed by atoms with van der Waals surface area (Å²) >= 11 is 0. The second-order valence-electron chi connectivity index (χ2n) is 9.04. The van der Waals surface area contributed by atoms with Crippen LogP contribution in [0.2, 0.25) is 0 Å². The number of anilines is 1. The fourth-order valence-electron chi connectivity index (χ4n) is 4.80. The van der Waals surface area contributed by atoms with Crippen LogP contribution in [0.3, 0.4) is 0 Å². The van der Waals surface area contributed by atoms with Crippen LogP contribution in [0.5, 0.6) is 5.75 Å². The number of benzene rings is 2. The van der Waals surface area contributed by atoms with Crippen molar-refractivity contribution in [3.8, 4) is 11.4 Å². The fourth-order valence-corrected chi connectivity index (χ4v) is 4.80. The van der Waals surface area contributed by atoms with E-state index in [1.165, 1.54) is 0 Å². The maximum Gasteiger partial charge on any atom is 0.277 e. The van der Waals surface area contributed by atoms with Gasteiger partial charge in [0.2, 0.25) is 0 Å². The number of aromatic nitrogens is 2. The molecule has 31 heavy (non-hydrogen) atoms. The largest absolute Gasteiger partial charge is 0.497 e. The third-order valence-electron chi connectivity index (χ3n) is 6.14. The van der Waals surface area contributed by atoms with Crippen molar-refractivity contribution >= 4 is 11.6 Å². The number of ether oxygens (including phenoxy) is 1. The molecule has 5 rings (SSSR count). The van der Waals surface area contributed by atoms with Gasteiger partial charge in [-0.1, -0.05) is 44.2 Å². The smallest absolute Gasteiger partial charge is 0.277 e. The summed E-state index contributed by atoms with van der Waals surface area (Å²) in [4.78, 5) is 26.9. The minimum atomic E-state index is -0.446. The number of carbonyl (C=O) groups excluding carboxylic acids is 1. The quantitative estimate of drug-likeness (QED) is 0.666. The Morgan fingerprint density at radius 2 is 1.81 bits per heavy atom. The Kier molecular flexibility index (Phi) is 4.39. The van der Waals surface area contributed by atoms with Crippen LogP contribution in [0, 0.1) is 5.41 Å². The predicted molar refractivity (Wildman–Crippen MR) is 120 cm³/mol. The van der Waals surface area contributed by atoms with Crippen LogP contribution < -0.4 is 15.6 Å². The summed E-state index contributed by atoms with van der Waals surface area (Å²) in [6.45, 7) is 4.20. The Bertz CT molecular complexity index is 1260. The van der Waals surface area contributed by atoms with E-state index in [0.717, 1.165) is 23.4 Å². The number of Topliss-reactive ketones (excluding diaryl/α,β-unsaturated/α-hetero) is 1. The number of rotatable bonds is 3. The first kappa shape index (κ1) is 19.4. The van der Waals surface area contributed by atoms with Gasteiger partial charge in [-0.3, -0.25) is 14.7 Å². The van der Waals surface area contributed by atoms with Gasteiger partial charge in [-0.25, -0.2) is 4.68 Å². The maximum absolute atomic E-state index is 13.6. The summed E-state index contributed by atoms with van der Waals surface area (Å²) in [6, 6.07) is 17.1. The van der Waals surface area contributed by atoms with Crippen molar-refractivity contribution in [1.29, 1.82) is 0 Å². The molecule has 0 saturated heterocycles. The van der Waals surface area contributed by atoms with E-state index in [1.54, 1.807) is 11.8 Å². The van der Waals surface area contributed by atoms with Crippen molar-refractivity contribution < 1.29 is 9.53 Å². The Morgan fingerprint density at radius 3 is 2.55 bits per heavy atom. The lowest BCUT2D eigenvalue weighted by atomic mass is 9.69. The normalized spacial score (nSPS) is 19.5. The number of ketones is 1. The molecule has 2 heterocycles. The highest BCUT2D eigenvalue weighted by Crippen LogP contribution is 2.48. The lowest BCUT2D eigenvalue weighted by Gasteiger charge is -2.37. The van der Waals surface area contributed by atoms with Crippen molar-refractivity contribution in [2.24, 2.45) is 5.41 Å². The second kappa shape index (κ2) is 7.01. The molecule has 2 aliphatic rings. The Labute approximate surface area is 180 Å². The van der Waals surface area contributed by atoms with Gasteiger partial charge in [0.25, 0.3) is 5.56 Å². The Morgan fingerprint density at radius 1 is 1.03 bits per heavy atom. The molecule has 2 aromatic carbocycles. The van der Waals surface area contributed by atoms with Gasteiger partial charge >= 0.3 is 0 Å². The summed E-state index contributed by atoms with van der Waals surface area (Å²) in [6.07, 6.45) is 1.20. The van der Waals surface area contributed by atoms with Gasteiger partial charge in [0.1, 0.15) is 11.6 Å². The molecular formula is C25H25N3O3. The van der Waals surface area contributed by atoms with E-state index >= 15 is 0 Å². The van der Waals surface area contributed by atoms with Crippen molar-refractivity contribution in [2.45, 2.75) is 32.6 Å². The monoisotopic (exact) mass is 415 g/mol. The van der Waals surface area contributed by atoms with Crippen LogP contribution in [0.25, 0.3) is 5.69 Å². The molecule has 0 fully saturated rings. The third kappa shape index (κ3) is 3.19. The number of nitrogens with zero attached hydrogens (tertiary/aromatic N) is 1. The number of para-hydroxylation sites is 1. The van der Waals surface area contributed by atoms with Crippen molar-refractivity contribution in [1.82, 2.24) is 9.78 Å². The summed E-state index contributed by atoms with van der Waals surface area (Å²) in [5, 5.41) is 6.63. The topological polar surface area (TPSA) is 76.1 Å². The highest BCUT2D eigenvalue weighted by atomic mass is 16.5. The van der Waals surface area contributed by atoms with Crippen LogP contribution in [0.15, 0.2) is 70.7 Å². The molecule has 2 N–H and O–H groups in total. The van der Waals surface area contributed by atoms with Gasteiger partial charge in [0.05, 0.1) is 18.4 Å². The highest BCUT2D eigenvalue weighted by molar-refractivity contribution is 6.01. The third-order valence-corrected chi connectivity index (χ3v) is 6.14. The number of hydrogen-bond donors (Lipinski definition) is 2. The van der Waals surface area contributed by atoms with Crippen molar-refractivity contribution in [3.63, 3.8) is 0 Å². The minimum Gasteiger partial charge on any atom is -0.497 e. The summed E-state index contributed by atoms with van der Waals surface area (Å²) in [7, 11) is 1.62. The van der Waals surface area contributed by atoms with Gasteiger partial charge in [-0.15, -0.1) is 0 Å². The van der Waals surface area contributed by atoms with E-state index in [0.29, 0.717) is 29.1 Å². The van der Waals surface area contributed by atoms with Gasteiger partial charge in [0.15, 0.2) is 5.78 Å². The van der Waals surface area contributed by atoms with Gasteiger partial charge in [-0.2, -0.15) is 0 Å². The first-order valence-corrected chi connectivity index (χ1v) is 10.5. The lowest BCUT2D eigenvalue weighted by molar-refractivity contribution is -0.118. The molecule has 1 aliphatic carbocycles. The SMILES string of the molecule is COc1cccc(C2C3=C(CC(C)(C)CC3=O)Nc3[nH]n(-c4ccccc4)c(=O)c32)c1. The van der Waals surface area contributed by atoms with E-state index in [9.17, 15) is 9.59 Å². The number of allylic oxidation sites excluding steroid dienone is 2. The zero-order valence-electron chi connectivity index (χ0n) is 17.9. The fraction of sp³-hybridized carbons (Fsp3) is 0.280. The Hall–Kier alpha value is -3.54. The molecule has 3 aromatic rings. The van der Waals surface area contributed by atoms with E-state index < -0.39 is 5.92 Å². The second-order valence-corrected chi connectivity index (χ2v) is 9.04. The molecule has 0 spiro atoms. The van der Waals surface area contributed by atoms with E-state index in [-0.39, 0.29) is 16.8 Å². The lowest BCUT2D eigenvalue weighted by Crippen LogP contribution is -2.35. The molecule has 1 atom stereocenters. The van der Waals surface area contributed by atoms with E-state index in [4.69, 9.17) is 4.74 Å². The molecular weight excluding hydrogens is 390 g/mol. The van der Waals surface area contributed by atoms with Crippen LogP contribution >= 0.6 is 0 Å². The molecule has 0 saturated carbocycles. The molecule has 0 amide bonds. The standard InChI is InChI=1S/C25H25N3O3/c1-25(2)13-18-21(19(29)14-25)20(15-8-7-11-17(12-15)31-3)22-23(26-18)27-28(24(22)30)16-9-5-4-6-10-16/h4-12,20,26-27H,13-14H2,1-3H3. The number of fused-ring (bicyclic) bond motifs is 1. The zero-order chi connectivity index (χ0) is 21.8. The molecule has 6 nitrogen and oxygen atoms in total. The Balaban J connectivity index is 1.75. The van der Waals surface area contributed by atoms with Crippen LogP contribution in [0.1, 0.15) is 43.7 Å². The summed E-state index contributed by atoms with van der Waals surface area (Å²) in [5.41, 5.74) is 3.47. The number of H-pyrrole nitrogens is 1. The van der Waals surface area contributed by atoms with Gasteiger partial charge < -0.3 is 10.1 Å². The number of nitrogens with one attached hydrogen (secondary N) is 2. The number of hydrogen-bond acceptors (Lipinski definition) is 4. The summed E-state index contributed by atoms with van der Waals surface area (Å²) < 4.78 is 6.97. The molecule has 6 heteroatoms. The van der Waals surface area contributed by atoms with Gasteiger partial charge in [0, 0.05) is 23.6 Å². The maximum atomic E-state index is 13.6. The van der Waals surface area contributed by atoms with Crippen molar-refractivity contribution in [2.75, 3.05) is 12.4 Å². The van der Waals surface area contributed by atoms with Crippen LogP contribution in [0.4, 0.5) is 5.82 Å². The highest BCUT2D eigenvalue weighted by Gasteiger charge is 2.43. The average molecular weight is 415 g/mol. The van der Waals surface area contributed by atoms with Crippen LogP contribution in [-0.2, 0) is 4.79 Å². The molecule has 1 unspecified atom stereocenters. The zero-order valence-corrected chi connectivity index (χ0v) is 17.9. The molecule has 0 bridgehead atoms. The van der Waals surface area contributed by atoms with E-state index in [2.05, 4.69) is 24.3 Å². The number of methoxy groups -OCH3 is 1. The van der Waals surface area contributed by atoms with Crippen LogP contribution in [-0.4, -0.2) is 22.7 Å². The minimum absolute atomic E-state index is 0.0871. The first-order valence-electron chi connectivity index (χ1n) is 10.5. The molecule has 158 valence electrons. The molecule has 1 aliphatic heterocycles.